The van der Waals surface area contributed by atoms with Crippen molar-refractivity contribution in [2.45, 2.75) is 26.1 Å². The van der Waals surface area contributed by atoms with E-state index in [1.54, 1.807) is 13.1 Å². The predicted molar refractivity (Wildman–Crippen MR) is 52.6 cm³/mol. The number of nitrogens with one attached hydrogen (secondary N) is 1. The largest absolute Gasteiger partial charge is 0.392 e. The van der Waals surface area contributed by atoms with Crippen molar-refractivity contribution in [2.24, 2.45) is 5.73 Å². The van der Waals surface area contributed by atoms with Gasteiger partial charge in [-0.1, -0.05) is 5.21 Å². The fraction of sp³-hybridized carbons (Fsp3) is 0.625. The van der Waals surface area contributed by atoms with Crippen LogP contribution in [0.25, 0.3) is 0 Å². The number of rotatable bonds is 5. The third-order valence-electron chi connectivity index (χ3n) is 1.70. The summed E-state index contributed by atoms with van der Waals surface area (Å²) in [5.74, 6) is -0.218. The molecule has 1 heterocycles. The van der Waals surface area contributed by atoms with Gasteiger partial charge < -0.3 is 16.2 Å². The van der Waals surface area contributed by atoms with Gasteiger partial charge in [0.1, 0.15) is 6.54 Å². The average Bonchev–Trinajstić information content (AvgIpc) is 2.62. The molecule has 7 heteroatoms. The molecule has 0 saturated carbocycles. The van der Waals surface area contributed by atoms with Gasteiger partial charge in [-0.3, -0.25) is 4.79 Å². The van der Waals surface area contributed by atoms with Gasteiger partial charge in [-0.15, -0.1) is 5.10 Å². The topological polar surface area (TPSA) is 106 Å². The molecule has 0 aliphatic heterocycles. The van der Waals surface area contributed by atoms with Crippen LogP contribution < -0.4 is 11.1 Å². The number of carbonyl (C=O) groups is 1. The summed E-state index contributed by atoms with van der Waals surface area (Å²) in [5, 5.41) is 19.0. The van der Waals surface area contributed by atoms with Crippen molar-refractivity contribution < 1.29 is 9.90 Å². The van der Waals surface area contributed by atoms with Crippen molar-refractivity contribution in [3.63, 3.8) is 0 Å². The van der Waals surface area contributed by atoms with E-state index in [1.807, 2.05) is 0 Å². The van der Waals surface area contributed by atoms with Crippen LogP contribution in [0.4, 0.5) is 0 Å². The van der Waals surface area contributed by atoms with Gasteiger partial charge in [0.15, 0.2) is 0 Å². The summed E-state index contributed by atoms with van der Waals surface area (Å²) in [6.07, 6.45) is 1.06. The highest BCUT2D eigenvalue weighted by molar-refractivity contribution is 5.75. The Balaban J connectivity index is 2.37. The molecule has 1 atom stereocenters. The van der Waals surface area contributed by atoms with E-state index in [4.69, 9.17) is 10.8 Å². The summed E-state index contributed by atoms with van der Waals surface area (Å²) in [4.78, 5) is 11.3. The fourth-order valence-electron chi connectivity index (χ4n) is 0.974. The molecule has 0 saturated heterocycles. The lowest BCUT2D eigenvalue weighted by Crippen LogP contribution is -2.33. The lowest BCUT2D eigenvalue weighted by Gasteiger charge is -2.06. The van der Waals surface area contributed by atoms with Crippen molar-refractivity contribution >= 4 is 5.91 Å². The molecule has 4 N–H and O–H groups in total. The van der Waals surface area contributed by atoms with Crippen molar-refractivity contribution in [3.05, 3.63) is 11.9 Å². The third-order valence-corrected chi connectivity index (χ3v) is 1.70. The van der Waals surface area contributed by atoms with Crippen molar-refractivity contribution in [2.75, 3.05) is 6.54 Å². The van der Waals surface area contributed by atoms with Gasteiger partial charge >= 0.3 is 0 Å². The number of aromatic nitrogens is 3. The minimum Gasteiger partial charge on any atom is -0.392 e. The second-order valence-corrected chi connectivity index (χ2v) is 3.26. The van der Waals surface area contributed by atoms with Crippen LogP contribution in [0.1, 0.15) is 12.6 Å². The average molecular weight is 213 g/mol. The van der Waals surface area contributed by atoms with E-state index < -0.39 is 6.10 Å². The Morgan fingerprint density at radius 1 is 1.80 bits per heavy atom. The van der Waals surface area contributed by atoms with E-state index in [0.29, 0.717) is 12.2 Å². The molecule has 1 amide bonds. The zero-order chi connectivity index (χ0) is 11.3. The maximum Gasteiger partial charge on any atom is 0.241 e. The Morgan fingerprint density at radius 2 is 2.53 bits per heavy atom. The number of aliphatic hydroxyl groups is 1. The summed E-state index contributed by atoms with van der Waals surface area (Å²) in [5.41, 5.74) is 5.98. The summed E-state index contributed by atoms with van der Waals surface area (Å²) < 4.78 is 1.40. The second-order valence-electron chi connectivity index (χ2n) is 3.26. The zero-order valence-corrected chi connectivity index (χ0v) is 8.55. The quantitative estimate of drug-likeness (QED) is 0.537. The van der Waals surface area contributed by atoms with Gasteiger partial charge in [-0.05, 0) is 6.92 Å². The molecule has 7 nitrogen and oxygen atoms in total. The zero-order valence-electron chi connectivity index (χ0n) is 8.55. The number of nitrogens with two attached hydrogens (primary N) is 1. The molecule has 0 unspecified atom stereocenters. The van der Waals surface area contributed by atoms with E-state index in [0.717, 1.165) is 0 Å². The van der Waals surface area contributed by atoms with Crippen LogP contribution in [0.3, 0.4) is 0 Å². The minimum absolute atomic E-state index is 0.0831. The molecule has 0 aliphatic carbocycles. The third kappa shape index (κ3) is 4.05. The van der Waals surface area contributed by atoms with E-state index in [9.17, 15) is 4.79 Å². The SMILES string of the molecule is C[C@@H](O)CNC(=O)Cn1cc(CN)nn1. The monoisotopic (exact) mass is 213 g/mol. The predicted octanol–water partition coefficient (Wildman–Crippen LogP) is -1.77. The number of nitrogens with zero attached hydrogens (tertiary/aromatic N) is 3. The van der Waals surface area contributed by atoms with Crippen LogP contribution in [0.2, 0.25) is 0 Å². The highest BCUT2D eigenvalue weighted by Crippen LogP contribution is 1.90. The van der Waals surface area contributed by atoms with Crippen LogP contribution in [0, 0.1) is 0 Å². The molecule has 84 valence electrons. The number of hydrogen-bond acceptors (Lipinski definition) is 5. The van der Waals surface area contributed by atoms with Gasteiger partial charge in [-0.2, -0.15) is 0 Å². The van der Waals surface area contributed by atoms with Crippen molar-refractivity contribution in [1.82, 2.24) is 20.3 Å². The molecule has 0 aliphatic rings. The molecule has 0 radical (unpaired) electrons. The van der Waals surface area contributed by atoms with Crippen molar-refractivity contribution in [3.8, 4) is 0 Å². The molecule has 15 heavy (non-hydrogen) atoms. The maximum absolute atomic E-state index is 11.3. The van der Waals surface area contributed by atoms with Gasteiger partial charge in [-0.25, -0.2) is 4.68 Å². The first kappa shape index (κ1) is 11.6. The van der Waals surface area contributed by atoms with Crippen LogP contribution in [-0.4, -0.2) is 38.7 Å². The molecular weight excluding hydrogens is 198 g/mol. The summed E-state index contributed by atoms with van der Waals surface area (Å²) >= 11 is 0. The van der Waals surface area contributed by atoms with Gasteiger partial charge in [0.2, 0.25) is 5.91 Å². The first-order chi connectivity index (χ1) is 7.11. The molecule has 0 spiro atoms. The highest BCUT2D eigenvalue weighted by atomic mass is 16.3. The lowest BCUT2D eigenvalue weighted by atomic mass is 10.4. The minimum atomic E-state index is -0.552. The molecule has 0 fully saturated rings. The molecule has 0 bridgehead atoms. The number of amides is 1. The fourth-order valence-corrected chi connectivity index (χ4v) is 0.974. The Hall–Kier alpha value is -1.47. The van der Waals surface area contributed by atoms with E-state index in [-0.39, 0.29) is 19.0 Å². The standard InChI is InChI=1S/C8H15N5O2/c1-6(14)3-10-8(15)5-13-4-7(2-9)11-12-13/h4,6,14H,2-3,5,9H2,1H3,(H,10,15)/t6-/m1/s1. The van der Waals surface area contributed by atoms with E-state index >= 15 is 0 Å². The highest BCUT2D eigenvalue weighted by Gasteiger charge is 2.05. The van der Waals surface area contributed by atoms with E-state index in [1.165, 1.54) is 4.68 Å². The van der Waals surface area contributed by atoms with E-state index in [2.05, 4.69) is 15.6 Å². The Labute approximate surface area is 87.3 Å². The van der Waals surface area contributed by atoms with Gasteiger partial charge in [0.25, 0.3) is 0 Å². The first-order valence-corrected chi connectivity index (χ1v) is 4.65. The molecule has 0 aromatic carbocycles. The first-order valence-electron chi connectivity index (χ1n) is 4.65. The molecular formula is C8H15N5O2. The second kappa shape index (κ2) is 5.42. The number of carbonyl (C=O) groups excluding carboxylic acids is 1. The van der Waals surface area contributed by atoms with Crippen LogP contribution >= 0.6 is 0 Å². The lowest BCUT2D eigenvalue weighted by molar-refractivity contribution is -0.122. The smallest absolute Gasteiger partial charge is 0.241 e. The molecule has 1 aromatic rings. The summed E-state index contributed by atoms with van der Waals surface area (Å²) in [7, 11) is 0. The van der Waals surface area contributed by atoms with Crippen LogP contribution in [0.5, 0.6) is 0 Å². The maximum atomic E-state index is 11.3. The number of aliphatic hydroxyl groups excluding tert-OH is 1. The Kier molecular flexibility index (Phi) is 4.19. The summed E-state index contributed by atoms with van der Waals surface area (Å²) in [6.45, 7) is 2.22. The normalized spacial score (nSPS) is 12.5. The van der Waals surface area contributed by atoms with Gasteiger partial charge in [0, 0.05) is 13.1 Å². The Bertz CT molecular complexity index is 323. The van der Waals surface area contributed by atoms with Crippen LogP contribution in [-0.2, 0) is 17.9 Å². The van der Waals surface area contributed by atoms with Gasteiger partial charge in [0.05, 0.1) is 18.0 Å². The summed E-state index contributed by atoms with van der Waals surface area (Å²) in [6, 6.07) is 0. The van der Waals surface area contributed by atoms with Crippen molar-refractivity contribution in [1.29, 1.82) is 0 Å². The molecule has 1 rings (SSSR count). The Morgan fingerprint density at radius 3 is 3.07 bits per heavy atom. The molecule has 1 aromatic heterocycles. The number of hydrogen-bond donors (Lipinski definition) is 3. The van der Waals surface area contributed by atoms with Crippen LogP contribution in [0.15, 0.2) is 6.20 Å².